The largest absolute Gasteiger partial charge is 0.493 e. The van der Waals surface area contributed by atoms with E-state index in [1.165, 1.54) is 5.56 Å². The quantitative estimate of drug-likeness (QED) is 0.579. The summed E-state index contributed by atoms with van der Waals surface area (Å²) >= 11 is 0. The van der Waals surface area contributed by atoms with Crippen LogP contribution in [-0.4, -0.2) is 32.7 Å². The first-order chi connectivity index (χ1) is 14.1. The lowest BCUT2D eigenvalue weighted by molar-refractivity contribution is -0.117. The van der Waals surface area contributed by atoms with Gasteiger partial charge in [0, 0.05) is 24.5 Å². The smallest absolute Gasteiger partial charge is 0.263 e. The summed E-state index contributed by atoms with van der Waals surface area (Å²) in [6, 6.07) is 15.9. The number of fused-ring (bicyclic) bond motifs is 1. The van der Waals surface area contributed by atoms with E-state index in [-0.39, 0.29) is 17.5 Å². The number of benzene rings is 2. The molecule has 1 amide bonds. The van der Waals surface area contributed by atoms with E-state index in [2.05, 4.69) is 18.3 Å². The molecule has 6 heteroatoms. The molecule has 0 saturated carbocycles. The highest BCUT2D eigenvalue weighted by Gasteiger charge is 2.25. The van der Waals surface area contributed by atoms with Gasteiger partial charge in [-0.2, -0.15) is 5.26 Å². The first kappa shape index (κ1) is 20.3. The molecule has 2 aromatic carbocycles. The zero-order chi connectivity index (χ0) is 20.8. The average Bonchev–Trinajstić information content (AvgIpc) is 3.06. The van der Waals surface area contributed by atoms with E-state index in [1.54, 1.807) is 20.4 Å². The van der Waals surface area contributed by atoms with Gasteiger partial charge in [-0.3, -0.25) is 4.79 Å². The maximum absolute atomic E-state index is 12.5. The summed E-state index contributed by atoms with van der Waals surface area (Å²) in [6.07, 6.45) is 3.17. The summed E-state index contributed by atoms with van der Waals surface area (Å²) in [5, 5.41) is 12.3. The second-order valence-electron chi connectivity index (χ2n) is 6.94. The minimum absolute atomic E-state index is 0.0980. The molecule has 0 fully saturated rings. The highest BCUT2D eigenvalue weighted by Crippen LogP contribution is 2.32. The molecule has 1 unspecified atom stereocenters. The third kappa shape index (κ3) is 4.52. The fourth-order valence-electron chi connectivity index (χ4n) is 3.52. The van der Waals surface area contributed by atoms with Gasteiger partial charge >= 0.3 is 0 Å². The Labute approximate surface area is 171 Å². The van der Waals surface area contributed by atoms with Crippen LogP contribution < -0.4 is 19.7 Å². The average molecular weight is 391 g/mol. The number of ether oxygens (including phenoxy) is 2. The van der Waals surface area contributed by atoms with Crippen LogP contribution in [0.1, 0.15) is 18.1 Å². The molecule has 0 aliphatic carbocycles. The summed E-state index contributed by atoms with van der Waals surface area (Å²) in [5.74, 6) is 0.940. The zero-order valence-electron chi connectivity index (χ0n) is 16.9. The number of nitrogens with one attached hydrogen (secondary N) is 1. The van der Waals surface area contributed by atoms with Crippen LogP contribution in [0, 0.1) is 11.3 Å². The number of rotatable bonds is 7. The molecule has 1 heterocycles. The molecule has 150 valence electrons. The lowest BCUT2D eigenvalue weighted by Crippen LogP contribution is -2.30. The number of methoxy groups -OCH3 is 2. The molecule has 3 rings (SSSR count). The van der Waals surface area contributed by atoms with Gasteiger partial charge in [-0.25, -0.2) is 0 Å². The van der Waals surface area contributed by atoms with Crippen molar-refractivity contribution in [3.8, 4) is 17.6 Å². The first-order valence-corrected chi connectivity index (χ1v) is 9.54. The van der Waals surface area contributed by atoms with Crippen molar-refractivity contribution in [3.05, 3.63) is 65.4 Å². The number of hydrogen-bond acceptors (Lipinski definition) is 5. The summed E-state index contributed by atoms with van der Waals surface area (Å²) in [5.41, 5.74) is 3.38. The Morgan fingerprint density at radius 3 is 2.72 bits per heavy atom. The molecule has 6 nitrogen and oxygen atoms in total. The Morgan fingerprint density at radius 1 is 1.24 bits per heavy atom. The van der Waals surface area contributed by atoms with Gasteiger partial charge in [0.25, 0.3) is 5.91 Å². The Balaban J connectivity index is 1.64. The summed E-state index contributed by atoms with van der Waals surface area (Å²) in [7, 11) is 3.18. The number of amides is 1. The van der Waals surface area contributed by atoms with Crippen LogP contribution in [0.25, 0.3) is 0 Å². The van der Waals surface area contributed by atoms with Crippen LogP contribution in [-0.2, 0) is 17.6 Å². The number of carbonyl (C=O) groups is 1. The molecular weight excluding hydrogens is 366 g/mol. The van der Waals surface area contributed by atoms with E-state index in [0.29, 0.717) is 24.5 Å². The SMILES string of the molecule is COc1ccc(CCNC(=O)/C(C#N)=C\N2c3ccccc3CC2C)cc1OC. The Bertz CT molecular complexity index is 962. The number of carbonyl (C=O) groups excluding carboxylic acids is 1. The standard InChI is InChI=1S/C23H25N3O3/c1-16-12-18-6-4-5-7-20(18)26(16)15-19(14-24)23(27)25-11-10-17-8-9-21(28-2)22(13-17)29-3/h4-9,13,15-16H,10-12H2,1-3H3,(H,25,27)/b19-15-. The predicted octanol–water partition coefficient (Wildman–Crippen LogP) is 3.22. The molecule has 0 bridgehead atoms. The van der Waals surface area contributed by atoms with Crippen LogP contribution in [0.4, 0.5) is 5.69 Å². The lowest BCUT2D eigenvalue weighted by atomic mass is 10.1. The highest BCUT2D eigenvalue weighted by molar-refractivity contribution is 5.97. The van der Waals surface area contributed by atoms with Crippen LogP contribution in [0.2, 0.25) is 0 Å². The van der Waals surface area contributed by atoms with E-state index in [4.69, 9.17) is 9.47 Å². The third-order valence-electron chi connectivity index (χ3n) is 5.04. The molecule has 1 atom stereocenters. The fraction of sp³-hybridized carbons (Fsp3) is 0.304. The zero-order valence-corrected chi connectivity index (χ0v) is 16.9. The van der Waals surface area contributed by atoms with Crippen LogP contribution in [0.5, 0.6) is 11.5 Å². The topological polar surface area (TPSA) is 74.6 Å². The normalized spacial score (nSPS) is 15.4. The Hall–Kier alpha value is -3.46. The lowest BCUT2D eigenvalue weighted by Gasteiger charge is -2.20. The van der Waals surface area contributed by atoms with Gasteiger partial charge in [0.05, 0.1) is 14.2 Å². The van der Waals surface area contributed by atoms with Crippen LogP contribution >= 0.6 is 0 Å². The minimum atomic E-state index is -0.371. The van der Waals surface area contributed by atoms with Gasteiger partial charge in [-0.15, -0.1) is 0 Å². The van der Waals surface area contributed by atoms with Crippen molar-refractivity contribution in [2.45, 2.75) is 25.8 Å². The number of para-hydroxylation sites is 1. The van der Waals surface area contributed by atoms with Gasteiger partial charge < -0.3 is 19.7 Å². The van der Waals surface area contributed by atoms with Crippen molar-refractivity contribution in [1.29, 1.82) is 5.26 Å². The van der Waals surface area contributed by atoms with Gasteiger partial charge in [0.2, 0.25) is 0 Å². The number of nitriles is 1. The maximum atomic E-state index is 12.5. The van der Waals surface area contributed by atoms with E-state index in [9.17, 15) is 10.1 Å². The molecule has 0 spiro atoms. The van der Waals surface area contributed by atoms with Gasteiger partial charge in [-0.1, -0.05) is 24.3 Å². The van der Waals surface area contributed by atoms with Gasteiger partial charge in [0.15, 0.2) is 11.5 Å². The minimum Gasteiger partial charge on any atom is -0.493 e. The first-order valence-electron chi connectivity index (χ1n) is 9.54. The van der Waals surface area contributed by atoms with Crippen molar-refractivity contribution < 1.29 is 14.3 Å². The summed E-state index contributed by atoms with van der Waals surface area (Å²) in [4.78, 5) is 14.5. The summed E-state index contributed by atoms with van der Waals surface area (Å²) in [6.45, 7) is 2.50. The molecule has 1 aliphatic heterocycles. The van der Waals surface area contributed by atoms with E-state index >= 15 is 0 Å². The molecule has 0 aromatic heterocycles. The molecule has 1 N–H and O–H groups in total. The number of nitrogens with zero attached hydrogens (tertiary/aromatic N) is 2. The number of hydrogen-bond donors (Lipinski definition) is 1. The van der Waals surface area contributed by atoms with Crippen molar-refractivity contribution in [2.24, 2.45) is 0 Å². The third-order valence-corrected chi connectivity index (χ3v) is 5.04. The van der Waals surface area contributed by atoms with Gasteiger partial charge in [-0.05, 0) is 49.1 Å². The second-order valence-corrected chi connectivity index (χ2v) is 6.94. The van der Waals surface area contributed by atoms with E-state index in [1.807, 2.05) is 47.4 Å². The second kappa shape index (κ2) is 9.16. The van der Waals surface area contributed by atoms with Gasteiger partial charge in [0.1, 0.15) is 11.6 Å². The molecule has 0 radical (unpaired) electrons. The van der Waals surface area contributed by atoms with Crippen molar-refractivity contribution in [3.63, 3.8) is 0 Å². The van der Waals surface area contributed by atoms with E-state index < -0.39 is 0 Å². The molecule has 0 saturated heterocycles. The number of anilines is 1. The van der Waals surface area contributed by atoms with Crippen LogP contribution in [0.15, 0.2) is 54.2 Å². The molecule has 2 aromatic rings. The fourth-order valence-corrected chi connectivity index (χ4v) is 3.52. The Morgan fingerprint density at radius 2 is 2.00 bits per heavy atom. The highest BCUT2D eigenvalue weighted by atomic mass is 16.5. The van der Waals surface area contributed by atoms with Crippen molar-refractivity contribution in [2.75, 3.05) is 25.7 Å². The molecule has 1 aliphatic rings. The van der Waals surface area contributed by atoms with Crippen LogP contribution in [0.3, 0.4) is 0 Å². The molecule has 29 heavy (non-hydrogen) atoms. The van der Waals surface area contributed by atoms with Crippen molar-refractivity contribution in [1.82, 2.24) is 5.32 Å². The predicted molar refractivity (Wildman–Crippen MR) is 112 cm³/mol. The molecular formula is C23H25N3O3. The summed E-state index contributed by atoms with van der Waals surface area (Å²) < 4.78 is 10.5. The maximum Gasteiger partial charge on any atom is 0.263 e. The monoisotopic (exact) mass is 391 g/mol. The van der Waals surface area contributed by atoms with Crippen molar-refractivity contribution >= 4 is 11.6 Å². The Kier molecular flexibility index (Phi) is 6.40. The van der Waals surface area contributed by atoms with E-state index in [0.717, 1.165) is 17.7 Å².